The average Bonchev–Trinajstić information content (AvgIpc) is 2.27. The van der Waals surface area contributed by atoms with Crippen molar-refractivity contribution in [3.05, 3.63) is 22.5 Å². The highest BCUT2D eigenvalue weighted by atomic mass is 16.6. The van der Waals surface area contributed by atoms with Gasteiger partial charge in [-0.2, -0.15) is 0 Å². The maximum atomic E-state index is 11.1. The normalized spacial score (nSPS) is 9.56. The van der Waals surface area contributed by atoms with Crippen molar-refractivity contribution in [1.82, 2.24) is 15.3 Å². The van der Waals surface area contributed by atoms with Gasteiger partial charge in [0.05, 0.1) is 11.5 Å². The second-order valence-electron chi connectivity index (χ2n) is 2.83. The number of carbonyl (C=O) groups excluding carboxylic acids is 1. The van der Waals surface area contributed by atoms with Crippen LogP contribution in [0.15, 0.2) is 12.4 Å². The van der Waals surface area contributed by atoms with Crippen LogP contribution < -0.4 is 10.6 Å². The minimum atomic E-state index is -0.590. The molecule has 8 nitrogen and oxygen atoms in total. The molecule has 0 aliphatic heterocycles. The van der Waals surface area contributed by atoms with Crippen LogP contribution in [0.3, 0.4) is 0 Å². The van der Waals surface area contributed by atoms with E-state index in [9.17, 15) is 14.9 Å². The lowest BCUT2D eigenvalue weighted by molar-refractivity contribution is -0.385. The van der Waals surface area contributed by atoms with Crippen molar-refractivity contribution in [2.75, 3.05) is 18.4 Å². The molecule has 0 saturated heterocycles. The van der Waals surface area contributed by atoms with Crippen LogP contribution in [0.1, 0.15) is 6.92 Å². The third-order valence-corrected chi connectivity index (χ3v) is 1.63. The van der Waals surface area contributed by atoms with Gasteiger partial charge in [-0.1, -0.05) is 0 Å². The molecule has 1 aromatic heterocycles. The van der Waals surface area contributed by atoms with Crippen molar-refractivity contribution in [1.29, 1.82) is 0 Å². The first-order valence-corrected chi connectivity index (χ1v) is 4.60. The zero-order valence-corrected chi connectivity index (χ0v) is 8.64. The van der Waals surface area contributed by atoms with E-state index in [1.807, 2.05) is 0 Å². The van der Waals surface area contributed by atoms with Crippen molar-refractivity contribution in [3.63, 3.8) is 0 Å². The zero-order valence-electron chi connectivity index (χ0n) is 8.64. The van der Waals surface area contributed by atoms with Gasteiger partial charge in [0.15, 0.2) is 0 Å². The van der Waals surface area contributed by atoms with Crippen molar-refractivity contribution in [2.45, 2.75) is 6.92 Å². The molecule has 0 fully saturated rings. The summed E-state index contributed by atoms with van der Waals surface area (Å²) in [6.45, 7) is 2.38. The third kappa shape index (κ3) is 3.48. The van der Waals surface area contributed by atoms with Gasteiger partial charge in [-0.25, -0.2) is 9.97 Å². The molecule has 1 heterocycles. The van der Waals surface area contributed by atoms with Crippen LogP contribution in [0.2, 0.25) is 0 Å². The summed E-state index contributed by atoms with van der Waals surface area (Å²) in [5, 5.41) is 15.5. The van der Waals surface area contributed by atoms with Crippen LogP contribution in [0.25, 0.3) is 0 Å². The number of hydrogen-bond acceptors (Lipinski definition) is 6. The zero-order chi connectivity index (χ0) is 12.0. The number of nitrogens with zero attached hydrogens (tertiary/aromatic N) is 3. The lowest BCUT2D eigenvalue weighted by Crippen LogP contribution is -2.29. The molecule has 0 aliphatic carbocycles. The fourth-order valence-corrected chi connectivity index (χ4v) is 0.926. The molecular weight excluding hydrogens is 214 g/mol. The number of amides is 1. The van der Waals surface area contributed by atoms with Crippen LogP contribution in [0.5, 0.6) is 0 Å². The van der Waals surface area contributed by atoms with Gasteiger partial charge in [0, 0.05) is 6.54 Å². The number of likely N-dealkylation sites (N-methyl/N-ethyl adjacent to an activating group) is 1. The largest absolute Gasteiger partial charge is 0.355 e. The topological polar surface area (TPSA) is 110 Å². The fraction of sp³-hybridized carbons (Fsp3) is 0.375. The van der Waals surface area contributed by atoms with E-state index in [1.165, 1.54) is 0 Å². The molecule has 86 valence electrons. The number of rotatable bonds is 5. The van der Waals surface area contributed by atoms with Gasteiger partial charge in [0.25, 0.3) is 0 Å². The van der Waals surface area contributed by atoms with Crippen LogP contribution in [0.4, 0.5) is 11.6 Å². The summed E-state index contributed by atoms with van der Waals surface area (Å²) in [6.07, 6.45) is 2.15. The molecule has 0 atom stereocenters. The predicted octanol–water partition coefficient (Wildman–Crippen LogP) is -0.0672. The Kier molecular flexibility index (Phi) is 4.13. The Hall–Kier alpha value is -2.25. The monoisotopic (exact) mass is 225 g/mol. The molecule has 0 bridgehead atoms. The molecule has 0 unspecified atom stereocenters. The first-order chi connectivity index (χ1) is 7.63. The van der Waals surface area contributed by atoms with Gasteiger partial charge < -0.3 is 10.6 Å². The summed E-state index contributed by atoms with van der Waals surface area (Å²) in [5.41, 5.74) is -0.191. The summed E-state index contributed by atoms with van der Waals surface area (Å²) < 4.78 is 0. The third-order valence-electron chi connectivity index (χ3n) is 1.63. The maximum Gasteiger partial charge on any atom is 0.305 e. The number of carbonyl (C=O) groups is 1. The van der Waals surface area contributed by atoms with Crippen LogP contribution >= 0.6 is 0 Å². The standard InChI is InChI=1S/C8H11N5O3/c1-2-9-7(14)5-12-8-10-3-6(4-11-8)13(15)16/h3-4H,2,5H2,1H3,(H,9,14)(H,10,11,12). The van der Waals surface area contributed by atoms with Crippen molar-refractivity contribution < 1.29 is 9.72 Å². The van der Waals surface area contributed by atoms with E-state index in [0.717, 1.165) is 12.4 Å². The number of anilines is 1. The minimum Gasteiger partial charge on any atom is -0.355 e. The number of hydrogen-bond donors (Lipinski definition) is 2. The second kappa shape index (κ2) is 5.59. The molecule has 0 spiro atoms. The molecule has 8 heteroatoms. The summed E-state index contributed by atoms with van der Waals surface area (Å²) in [6, 6.07) is 0. The molecule has 1 rings (SSSR count). The van der Waals surface area contributed by atoms with Crippen molar-refractivity contribution in [2.24, 2.45) is 0 Å². The first-order valence-electron chi connectivity index (χ1n) is 4.60. The number of nitrogens with one attached hydrogen (secondary N) is 2. The number of aromatic nitrogens is 2. The molecule has 0 radical (unpaired) electrons. The summed E-state index contributed by atoms with van der Waals surface area (Å²) in [5.74, 6) is -0.0127. The first kappa shape index (κ1) is 11.8. The molecule has 1 aromatic rings. The van der Waals surface area contributed by atoms with Crippen LogP contribution in [-0.2, 0) is 4.79 Å². The predicted molar refractivity (Wildman–Crippen MR) is 55.9 cm³/mol. The van der Waals surface area contributed by atoms with Crippen LogP contribution in [0, 0.1) is 10.1 Å². The second-order valence-corrected chi connectivity index (χ2v) is 2.83. The van der Waals surface area contributed by atoms with Gasteiger partial charge in [-0.3, -0.25) is 14.9 Å². The highest BCUT2D eigenvalue weighted by Gasteiger charge is 2.07. The Bertz CT molecular complexity index is 378. The molecule has 0 aromatic carbocycles. The highest BCUT2D eigenvalue weighted by Crippen LogP contribution is 2.07. The molecule has 16 heavy (non-hydrogen) atoms. The van der Waals surface area contributed by atoms with Crippen molar-refractivity contribution in [3.8, 4) is 0 Å². The van der Waals surface area contributed by atoms with E-state index >= 15 is 0 Å². The van der Waals surface area contributed by atoms with E-state index in [0.29, 0.717) is 6.54 Å². The number of nitro groups is 1. The van der Waals surface area contributed by atoms with E-state index in [-0.39, 0.29) is 24.1 Å². The van der Waals surface area contributed by atoms with E-state index in [4.69, 9.17) is 0 Å². The fourth-order valence-electron chi connectivity index (χ4n) is 0.926. The smallest absolute Gasteiger partial charge is 0.305 e. The van der Waals surface area contributed by atoms with E-state index in [1.54, 1.807) is 6.92 Å². The highest BCUT2D eigenvalue weighted by molar-refractivity contribution is 5.80. The van der Waals surface area contributed by atoms with Gasteiger partial charge in [0.1, 0.15) is 12.4 Å². The van der Waals surface area contributed by atoms with Crippen molar-refractivity contribution >= 4 is 17.5 Å². The molecule has 0 aliphatic rings. The Labute approximate surface area is 91.2 Å². The summed E-state index contributed by atoms with van der Waals surface area (Å²) in [7, 11) is 0. The van der Waals surface area contributed by atoms with Crippen LogP contribution in [-0.4, -0.2) is 33.9 Å². The summed E-state index contributed by atoms with van der Waals surface area (Å²) >= 11 is 0. The Morgan fingerprint density at radius 1 is 1.50 bits per heavy atom. The maximum absolute atomic E-state index is 11.1. The van der Waals surface area contributed by atoms with E-state index in [2.05, 4.69) is 20.6 Å². The molecular formula is C8H11N5O3. The lowest BCUT2D eigenvalue weighted by atomic mass is 10.5. The Morgan fingerprint density at radius 3 is 2.62 bits per heavy atom. The van der Waals surface area contributed by atoms with E-state index < -0.39 is 4.92 Å². The van der Waals surface area contributed by atoms with Gasteiger partial charge in [-0.15, -0.1) is 0 Å². The van der Waals surface area contributed by atoms with Gasteiger partial charge in [-0.05, 0) is 6.92 Å². The Morgan fingerprint density at radius 2 is 2.12 bits per heavy atom. The average molecular weight is 225 g/mol. The minimum absolute atomic E-state index is 0.0334. The molecule has 0 saturated carbocycles. The molecule has 2 N–H and O–H groups in total. The Balaban J connectivity index is 2.49. The SMILES string of the molecule is CCNC(=O)CNc1ncc([N+](=O)[O-])cn1. The quantitative estimate of drug-likeness (QED) is 0.536. The van der Waals surface area contributed by atoms with Gasteiger partial charge >= 0.3 is 5.69 Å². The molecule has 1 amide bonds. The summed E-state index contributed by atoms with van der Waals surface area (Å²) in [4.78, 5) is 28.1. The van der Waals surface area contributed by atoms with Gasteiger partial charge in [0.2, 0.25) is 11.9 Å². The lowest BCUT2D eigenvalue weighted by Gasteiger charge is -2.03.